The van der Waals surface area contributed by atoms with Crippen LogP contribution in [0.15, 0.2) is 54.6 Å². The summed E-state index contributed by atoms with van der Waals surface area (Å²) in [6.45, 7) is 4.41. The first-order chi connectivity index (χ1) is 11.3. The molecular formula is C21H20N2. The van der Waals surface area contributed by atoms with E-state index < -0.39 is 0 Å². The van der Waals surface area contributed by atoms with Crippen LogP contribution in [0.25, 0.3) is 33.2 Å². The maximum absolute atomic E-state index is 4.82. The van der Waals surface area contributed by atoms with Gasteiger partial charge in [-0.05, 0) is 52.9 Å². The van der Waals surface area contributed by atoms with Gasteiger partial charge in [0.05, 0.1) is 11.0 Å². The summed E-state index contributed by atoms with van der Waals surface area (Å²) in [4.78, 5) is 8.31. The summed E-state index contributed by atoms with van der Waals surface area (Å²) in [7, 11) is 0. The third-order valence-corrected chi connectivity index (χ3v) is 4.59. The van der Waals surface area contributed by atoms with E-state index in [9.17, 15) is 0 Å². The van der Waals surface area contributed by atoms with Crippen molar-refractivity contribution in [3.8, 4) is 11.4 Å². The number of aromatic amines is 1. The molecule has 0 aliphatic carbocycles. The highest BCUT2D eigenvalue weighted by molar-refractivity contribution is 5.88. The Kier molecular flexibility index (Phi) is 3.38. The Balaban J connectivity index is 1.87. The van der Waals surface area contributed by atoms with Gasteiger partial charge < -0.3 is 4.98 Å². The van der Waals surface area contributed by atoms with Gasteiger partial charge in [-0.15, -0.1) is 0 Å². The zero-order valence-electron chi connectivity index (χ0n) is 13.6. The largest absolute Gasteiger partial charge is 0.338 e. The summed E-state index contributed by atoms with van der Waals surface area (Å²) in [5.74, 6) is 0.945. The van der Waals surface area contributed by atoms with Gasteiger partial charge in [0.1, 0.15) is 5.82 Å². The number of hydrogen-bond acceptors (Lipinski definition) is 1. The smallest absolute Gasteiger partial charge is 0.138 e. The fourth-order valence-corrected chi connectivity index (χ4v) is 3.28. The molecule has 2 heteroatoms. The molecule has 114 valence electrons. The Morgan fingerprint density at radius 2 is 1.57 bits per heavy atom. The van der Waals surface area contributed by atoms with Crippen LogP contribution in [-0.4, -0.2) is 9.97 Å². The maximum Gasteiger partial charge on any atom is 0.138 e. The van der Waals surface area contributed by atoms with Crippen LogP contribution < -0.4 is 0 Å². The Labute approximate surface area is 136 Å². The van der Waals surface area contributed by atoms with E-state index in [1.54, 1.807) is 0 Å². The van der Waals surface area contributed by atoms with Crippen molar-refractivity contribution in [3.63, 3.8) is 0 Å². The Hall–Kier alpha value is -2.61. The molecular weight excluding hydrogens is 280 g/mol. The van der Waals surface area contributed by atoms with Crippen LogP contribution in [0.5, 0.6) is 0 Å². The fourth-order valence-electron chi connectivity index (χ4n) is 3.28. The lowest BCUT2D eigenvalue weighted by molar-refractivity contribution is 1.04. The quantitative estimate of drug-likeness (QED) is 0.531. The van der Waals surface area contributed by atoms with Gasteiger partial charge in [-0.2, -0.15) is 0 Å². The van der Waals surface area contributed by atoms with Gasteiger partial charge in [0.2, 0.25) is 0 Å². The third-order valence-electron chi connectivity index (χ3n) is 4.59. The Morgan fingerprint density at radius 1 is 0.826 bits per heavy atom. The van der Waals surface area contributed by atoms with Crippen LogP contribution in [0.3, 0.4) is 0 Å². The summed E-state index contributed by atoms with van der Waals surface area (Å²) >= 11 is 0. The molecule has 0 aliphatic heterocycles. The summed E-state index contributed by atoms with van der Waals surface area (Å²) in [5, 5.41) is 2.50. The first kappa shape index (κ1) is 14.0. The molecule has 1 aromatic heterocycles. The number of aryl methyl sites for hydroxylation is 2. The molecule has 3 aromatic carbocycles. The molecule has 0 spiro atoms. The molecule has 0 atom stereocenters. The molecule has 0 aliphatic rings. The molecule has 0 amide bonds. The van der Waals surface area contributed by atoms with Crippen LogP contribution in [0.4, 0.5) is 0 Å². The number of imidazole rings is 1. The number of hydrogen-bond donors (Lipinski definition) is 1. The maximum atomic E-state index is 4.82. The highest BCUT2D eigenvalue weighted by Gasteiger charge is 2.09. The summed E-state index contributed by atoms with van der Waals surface area (Å²) in [6, 6.07) is 19.4. The molecule has 0 saturated carbocycles. The SMILES string of the molecule is CCc1cc2nc(-c3ccc4ccccc4c3)[nH]c2cc1CC. The monoisotopic (exact) mass is 300 g/mol. The van der Waals surface area contributed by atoms with Crippen LogP contribution in [0.1, 0.15) is 25.0 Å². The average molecular weight is 300 g/mol. The van der Waals surface area contributed by atoms with E-state index in [0.717, 1.165) is 35.3 Å². The van der Waals surface area contributed by atoms with Crippen molar-refractivity contribution < 1.29 is 0 Å². The number of fused-ring (bicyclic) bond motifs is 2. The fraction of sp³-hybridized carbons (Fsp3) is 0.190. The Morgan fingerprint density at radius 3 is 2.35 bits per heavy atom. The normalized spacial score (nSPS) is 11.4. The minimum atomic E-state index is 0.945. The van der Waals surface area contributed by atoms with Crippen molar-refractivity contribution in [3.05, 3.63) is 65.7 Å². The second-order valence-electron chi connectivity index (χ2n) is 5.99. The minimum absolute atomic E-state index is 0.945. The van der Waals surface area contributed by atoms with Crippen molar-refractivity contribution in [1.29, 1.82) is 0 Å². The highest BCUT2D eigenvalue weighted by atomic mass is 14.9. The van der Waals surface area contributed by atoms with Crippen LogP contribution >= 0.6 is 0 Å². The van der Waals surface area contributed by atoms with Crippen molar-refractivity contribution >= 4 is 21.8 Å². The standard InChI is InChI=1S/C21H20N2/c1-3-14-12-19-20(13-15(14)4-2)23-21(22-19)18-10-9-16-7-5-6-8-17(16)11-18/h5-13H,3-4H2,1-2H3,(H,22,23). The van der Waals surface area contributed by atoms with Crippen LogP contribution in [0, 0.1) is 0 Å². The van der Waals surface area contributed by atoms with Gasteiger partial charge in [-0.25, -0.2) is 4.98 Å². The lowest BCUT2D eigenvalue weighted by atomic mass is 10.0. The summed E-state index contributed by atoms with van der Waals surface area (Å²) in [5.41, 5.74) is 6.13. The van der Waals surface area contributed by atoms with Gasteiger partial charge in [0.15, 0.2) is 0 Å². The van der Waals surface area contributed by atoms with Crippen molar-refractivity contribution in [1.82, 2.24) is 9.97 Å². The number of nitrogens with one attached hydrogen (secondary N) is 1. The Bertz CT molecular complexity index is 954. The predicted octanol–water partition coefficient (Wildman–Crippen LogP) is 5.51. The number of H-pyrrole nitrogens is 1. The summed E-state index contributed by atoms with van der Waals surface area (Å²) in [6.07, 6.45) is 2.11. The molecule has 0 bridgehead atoms. The van der Waals surface area contributed by atoms with Crippen molar-refractivity contribution in [2.45, 2.75) is 26.7 Å². The van der Waals surface area contributed by atoms with Gasteiger partial charge >= 0.3 is 0 Å². The molecule has 1 N–H and O–H groups in total. The van der Waals surface area contributed by atoms with Crippen LogP contribution in [0.2, 0.25) is 0 Å². The summed E-state index contributed by atoms with van der Waals surface area (Å²) < 4.78 is 0. The van der Waals surface area contributed by atoms with E-state index in [1.165, 1.54) is 21.9 Å². The molecule has 0 unspecified atom stereocenters. The average Bonchev–Trinajstić information content (AvgIpc) is 3.02. The molecule has 0 radical (unpaired) electrons. The first-order valence-electron chi connectivity index (χ1n) is 8.29. The zero-order chi connectivity index (χ0) is 15.8. The number of rotatable bonds is 3. The van der Waals surface area contributed by atoms with E-state index in [2.05, 4.69) is 73.4 Å². The van der Waals surface area contributed by atoms with Gasteiger partial charge in [-0.1, -0.05) is 50.2 Å². The molecule has 2 nitrogen and oxygen atoms in total. The molecule has 4 aromatic rings. The van der Waals surface area contributed by atoms with E-state index in [1.807, 2.05) is 0 Å². The van der Waals surface area contributed by atoms with Gasteiger partial charge in [-0.3, -0.25) is 0 Å². The van der Waals surface area contributed by atoms with E-state index in [-0.39, 0.29) is 0 Å². The molecule has 1 heterocycles. The lowest BCUT2D eigenvalue weighted by Crippen LogP contribution is -1.90. The molecule has 23 heavy (non-hydrogen) atoms. The lowest BCUT2D eigenvalue weighted by Gasteiger charge is -2.04. The topological polar surface area (TPSA) is 28.7 Å². The van der Waals surface area contributed by atoms with Gasteiger partial charge in [0, 0.05) is 5.56 Å². The number of nitrogens with zero attached hydrogens (tertiary/aromatic N) is 1. The van der Waals surface area contributed by atoms with Crippen LogP contribution in [-0.2, 0) is 12.8 Å². The molecule has 0 saturated heterocycles. The predicted molar refractivity (Wildman–Crippen MR) is 97.8 cm³/mol. The van der Waals surface area contributed by atoms with E-state index in [4.69, 9.17) is 4.98 Å². The first-order valence-corrected chi connectivity index (χ1v) is 8.29. The zero-order valence-corrected chi connectivity index (χ0v) is 13.6. The third kappa shape index (κ3) is 2.40. The number of aromatic nitrogens is 2. The van der Waals surface area contributed by atoms with E-state index >= 15 is 0 Å². The minimum Gasteiger partial charge on any atom is -0.338 e. The van der Waals surface area contributed by atoms with Crippen molar-refractivity contribution in [2.75, 3.05) is 0 Å². The molecule has 0 fully saturated rings. The van der Waals surface area contributed by atoms with Crippen molar-refractivity contribution in [2.24, 2.45) is 0 Å². The molecule has 4 rings (SSSR count). The van der Waals surface area contributed by atoms with Gasteiger partial charge in [0.25, 0.3) is 0 Å². The number of benzene rings is 3. The second kappa shape index (κ2) is 5.54. The van der Waals surface area contributed by atoms with E-state index in [0.29, 0.717) is 0 Å². The highest BCUT2D eigenvalue weighted by Crippen LogP contribution is 2.26. The second-order valence-corrected chi connectivity index (χ2v) is 5.99.